The maximum atomic E-state index is 12.4. The Morgan fingerprint density at radius 3 is 2.17 bits per heavy atom. The average molecular weight is 317 g/mol. The molecule has 1 aromatic carbocycles. The van der Waals surface area contributed by atoms with Crippen LogP contribution in [-0.4, -0.2) is 43.5 Å². The van der Waals surface area contributed by atoms with E-state index in [4.69, 9.17) is 0 Å². The van der Waals surface area contributed by atoms with Crippen LogP contribution in [0.3, 0.4) is 0 Å². The molecule has 4 nitrogen and oxygen atoms in total. The van der Waals surface area contributed by atoms with E-state index in [2.05, 4.69) is 67.5 Å². The summed E-state index contributed by atoms with van der Waals surface area (Å²) in [6.45, 7) is 13.0. The number of benzene rings is 1. The fraction of sp³-hybridized carbons (Fsp3) is 0.632. The van der Waals surface area contributed by atoms with Crippen molar-refractivity contribution >= 4 is 5.91 Å². The van der Waals surface area contributed by atoms with E-state index in [1.54, 1.807) is 0 Å². The minimum atomic E-state index is 0.0756. The molecule has 1 aliphatic heterocycles. The Labute approximate surface area is 140 Å². The van der Waals surface area contributed by atoms with E-state index < -0.39 is 0 Å². The van der Waals surface area contributed by atoms with Gasteiger partial charge < -0.3 is 10.6 Å². The summed E-state index contributed by atoms with van der Waals surface area (Å²) in [5, 5.41) is 6.54. The van der Waals surface area contributed by atoms with Gasteiger partial charge in [-0.15, -0.1) is 0 Å². The number of carbonyl (C=O) groups is 1. The van der Waals surface area contributed by atoms with Gasteiger partial charge in [0.15, 0.2) is 0 Å². The van der Waals surface area contributed by atoms with Gasteiger partial charge in [0.1, 0.15) is 0 Å². The van der Waals surface area contributed by atoms with Crippen LogP contribution in [0.25, 0.3) is 0 Å². The number of nitrogens with zero attached hydrogens (tertiary/aromatic N) is 1. The lowest BCUT2D eigenvalue weighted by Gasteiger charge is -2.29. The van der Waals surface area contributed by atoms with Crippen molar-refractivity contribution < 1.29 is 4.79 Å². The zero-order valence-corrected chi connectivity index (χ0v) is 14.9. The van der Waals surface area contributed by atoms with E-state index >= 15 is 0 Å². The van der Waals surface area contributed by atoms with Crippen LogP contribution in [0.2, 0.25) is 0 Å². The molecule has 0 radical (unpaired) electrons. The van der Waals surface area contributed by atoms with Crippen molar-refractivity contribution in [2.45, 2.75) is 39.7 Å². The molecule has 1 saturated heterocycles. The Bertz CT molecular complexity index is 490. The standard InChI is InChI=1S/C19H31N3O/c1-14(2)16-5-7-17(8-6-16)19(15(3)4)21-18(23)13-22-11-9-20-10-12-22/h5-8,14-15,19-20H,9-13H2,1-4H3,(H,21,23). The van der Waals surface area contributed by atoms with Gasteiger partial charge in [-0.3, -0.25) is 9.69 Å². The quantitative estimate of drug-likeness (QED) is 0.847. The molecule has 2 N–H and O–H groups in total. The average Bonchev–Trinajstić information content (AvgIpc) is 2.53. The first-order valence-electron chi connectivity index (χ1n) is 8.79. The van der Waals surface area contributed by atoms with Crippen LogP contribution in [0.4, 0.5) is 0 Å². The Kier molecular flexibility index (Phi) is 6.60. The van der Waals surface area contributed by atoms with Crippen LogP contribution in [0, 0.1) is 5.92 Å². The zero-order valence-electron chi connectivity index (χ0n) is 14.9. The Hall–Kier alpha value is -1.39. The third-order valence-corrected chi connectivity index (χ3v) is 4.52. The summed E-state index contributed by atoms with van der Waals surface area (Å²) in [5.41, 5.74) is 2.53. The lowest BCUT2D eigenvalue weighted by molar-refractivity contribution is -0.123. The fourth-order valence-electron chi connectivity index (χ4n) is 3.01. The molecule has 0 saturated carbocycles. The summed E-state index contributed by atoms with van der Waals surface area (Å²) in [6.07, 6.45) is 0. The molecule has 1 aliphatic rings. The molecule has 23 heavy (non-hydrogen) atoms. The maximum absolute atomic E-state index is 12.4. The molecule has 1 atom stereocenters. The molecular formula is C19H31N3O. The van der Waals surface area contributed by atoms with E-state index in [9.17, 15) is 4.79 Å². The van der Waals surface area contributed by atoms with Crippen molar-refractivity contribution in [1.82, 2.24) is 15.5 Å². The lowest BCUT2D eigenvalue weighted by atomic mass is 9.93. The van der Waals surface area contributed by atoms with Gasteiger partial charge in [0.2, 0.25) is 5.91 Å². The highest BCUT2D eigenvalue weighted by molar-refractivity contribution is 5.78. The first-order chi connectivity index (χ1) is 11.0. The summed E-state index contributed by atoms with van der Waals surface area (Å²) in [4.78, 5) is 14.6. The summed E-state index contributed by atoms with van der Waals surface area (Å²) >= 11 is 0. The topological polar surface area (TPSA) is 44.4 Å². The fourth-order valence-corrected chi connectivity index (χ4v) is 3.01. The van der Waals surface area contributed by atoms with Crippen LogP contribution >= 0.6 is 0 Å². The molecular weight excluding hydrogens is 286 g/mol. The van der Waals surface area contributed by atoms with E-state index in [-0.39, 0.29) is 11.9 Å². The molecule has 1 fully saturated rings. The highest BCUT2D eigenvalue weighted by Crippen LogP contribution is 2.24. The molecule has 1 aromatic rings. The van der Waals surface area contributed by atoms with Gasteiger partial charge >= 0.3 is 0 Å². The smallest absolute Gasteiger partial charge is 0.234 e. The maximum Gasteiger partial charge on any atom is 0.234 e. The third kappa shape index (κ3) is 5.33. The highest BCUT2D eigenvalue weighted by atomic mass is 16.2. The number of nitrogens with one attached hydrogen (secondary N) is 2. The zero-order chi connectivity index (χ0) is 16.8. The molecule has 0 aliphatic carbocycles. The Morgan fingerprint density at radius 2 is 1.65 bits per heavy atom. The molecule has 1 unspecified atom stereocenters. The largest absolute Gasteiger partial charge is 0.348 e. The predicted octanol–water partition coefficient (Wildman–Crippen LogP) is 2.53. The van der Waals surface area contributed by atoms with Crippen LogP contribution in [0.1, 0.15) is 50.8 Å². The number of carbonyl (C=O) groups excluding carboxylic acids is 1. The second-order valence-corrected chi connectivity index (χ2v) is 7.14. The van der Waals surface area contributed by atoms with Crippen LogP contribution in [0.15, 0.2) is 24.3 Å². The van der Waals surface area contributed by atoms with Gasteiger partial charge in [-0.1, -0.05) is 52.0 Å². The molecule has 128 valence electrons. The first-order valence-corrected chi connectivity index (χ1v) is 8.79. The normalized spacial score (nSPS) is 17.5. The van der Waals surface area contributed by atoms with Crippen molar-refractivity contribution in [2.75, 3.05) is 32.7 Å². The van der Waals surface area contributed by atoms with Gasteiger partial charge in [-0.25, -0.2) is 0 Å². The van der Waals surface area contributed by atoms with Crippen molar-refractivity contribution in [3.63, 3.8) is 0 Å². The number of hydrogen-bond acceptors (Lipinski definition) is 3. The van der Waals surface area contributed by atoms with Crippen LogP contribution in [0.5, 0.6) is 0 Å². The van der Waals surface area contributed by atoms with Gasteiger partial charge in [-0.05, 0) is 23.0 Å². The molecule has 0 aromatic heterocycles. The minimum Gasteiger partial charge on any atom is -0.348 e. The number of rotatable bonds is 6. The number of piperazine rings is 1. The summed E-state index contributed by atoms with van der Waals surface area (Å²) in [6, 6.07) is 8.75. The molecule has 2 rings (SSSR count). The second-order valence-electron chi connectivity index (χ2n) is 7.14. The second kappa shape index (κ2) is 8.46. The van der Waals surface area contributed by atoms with Gasteiger partial charge in [-0.2, -0.15) is 0 Å². The Morgan fingerprint density at radius 1 is 1.09 bits per heavy atom. The van der Waals surface area contributed by atoms with E-state index in [0.29, 0.717) is 18.4 Å². The van der Waals surface area contributed by atoms with Crippen molar-refractivity contribution in [3.8, 4) is 0 Å². The molecule has 4 heteroatoms. The van der Waals surface area contributed by atoms with E-state index in [0.717, 1.165) is 26.2 Å². The summed E-state index contributed by atoms with van der Waals surface area (Å²) in [7, 11) is 0. The van der Waals surface area contributed by atoms with E-state index in [1.165, 1.54) is 11.1 Å². The number of hydrogen-bond donors (Lipinski definition) is 2. The van der Waals surface area contributed by atoms with Gasteiger partial charge in [0.05, 0.1) is 12.6 Å². The first kappa shape index (κ1) is 18.0. The molecule has 0 spiro atoms. The Balaban J connectivity index is 1.98. The monoisotopic (exact) mass is 317 g/mol. The minimum absolute atomic E-state index is 0.0756. The summed E-state index contributed by atoms with van der Waals surface area (Å²) < 4.78 is 0. The van der Waals surface area contributed by atoms with Crippen molar-refractivity contribution in [1.29, 1.82) is 0 Å². The van der Waals surface area contributed by atoms with Crippen molar-refractivity contribution in [3.05, 3.63) is 35.4 Å². The van der Waals surface area contributed by atoms with Gasteiger partial charge in [0.25, 0.3) is 0 Å². The molecule has 0 bridgehead atoms. The lowest BCUT2D eigenvalue weighted by Crippen LogP contribution is -2.48. The van der Waals surface area contributed by atoms with Crippen molar-refractivity contribution in [2.24, 2.45) is 5.92 Å². The molecule has 1 amide bonds. The third-order valence-electron chi connectivity index (χ3n) is 4.52. The summed E-state index contributed by atoms with van der Waals surface area (Å²) in [5.74, 6) is 1.02. The van der Waals surface area contributed by atoms with Crippen LogP contribution in [-0.2, 0) is 4.79 Å². The number of amides is 1. The highest BCUT2D eigenvalue weighted by Gasteiger charge is 2.20. The predicted molar refractivity (Wildman–Crippen MR) is 95.6 cm³/mol. The van der Waals surface area contributed by atoms with Crippen LogP contribution < -0.4 is 10.6 Å². The van der Waals surface area contributed by atoms with Gasteiger partial charge in [0, 0.05) is 26.2 Å². The molecule has 1 heterocycles. The SMILES string of the molecule is CC(C)c1ccc(C(NC(=O)CN2CCNCC2)C(C)C)cc1. The van der Waals surface area contributed by atoms with E-state index in [1.807, 2.05) is 0 Å².